The zero-order valence-corrected chi connectivity index (χ0v) is 15.3. The maximum absolute atomic E-state index is 12.8. The number of pyridine rings is 1. The summed E-state index contributed by atoms with van der Waals surface area (Å²) in [6.07, 6.45) is -3.58. The molecule has 0 spiro atoms. The molecule has 0 aliphatic rings. The van der Waals surface area contributed by atoms with Crippen LogP contribution in [-0.4, -0.2) is 32.2 Å². The van der Waals surface area contributed by atoms with E-state index < -0.39 is 29.8 Å². The lowest BCUT2D eigenvalue weighted by Crippen LogP contribution is -2.37. The number of alkyl halides is 3. The zero-order valence-electron chi connectivity index (χ0n) is 15.3. The van der Waals surface area contributed by atoms with Gasteiger partial charge < -0.3 is 9.47 Å². The monoisotopic (exact) mass is 370 g/mol. The second kappa shape index (κ2) is 6.97. The predicted molar refractivity (Wildman–Crippen MR) is 89.6 cm³/mol. The molecule has 1 atom stereocenters. The highest BCUT2D eigenvalue weighted by Crippen LogP contribution is 2.27. The molecule has 0 saturated heterocycles. The molecule has 9 heteroatoms. The molecule has 0 aliphatic carbocycles. The predicted octanol–water partition coefficient (Wildman–Crippen LogP) is 2.44. The molecule has 26 heavy (non-hydrogen) atoms. The van der Waals surface area contributed by atoms with E-state index >= 15 is 0 Å². The third-order valence-corrected chi connectivity index (χ3v) is 4.59. The zero-order chi connectivity index (χ0) is 19.8. The summed E-state index contributed by atoms with van der Waals surface area (Å²) in [5.41, 5.74) is 0.0182. The topological polar surface area (TPSA) is 60.1 Å². The van der Waals surface area contributed by atoms with Gasteiger partial charge in [-0.15, -0.1) is 0 Å². The third-order valence-electron chi connectivity index (χ3n) is 4.59. The van der Waals surface area contributed by atoms with Crippen molar-refractivity contribution in [3.05, 3.63) is 51.2 Å². The van der Waals surface area contributed by atoms with Gasteiger partial charge in [-0.25, -0.2) is 0 Å². The number of carbonyl (C=O) groups is 1. The minimum atomic E-state index is -4.76. The molecule has 2 rings (SSSR count). The molecule has 0 fully saturated rings. The Hall–Kier alpha value is -2.58. The van der Waals surface area contributed by atoms with Crippen molar-refractivity contribution < 1.29 is 18.0 Å². The molecule has 0 N–H and O–H groups in total. The van der Waals surface area contributed by atoms with E-state index in [0.29, 0.717) is 6.07 Å². The highest BCUT2D eigenvalue weighted by atomic mass is 19.4. The molecule has 0 aliphatic heterocycles. The molecule has 0 aromatic carbocycles. The van der Waals surface area contributed by atoms with Crippen molar-refractivity contribution in [3.63, 3.8) is 0 Å². The molecular weight excluding hydrogens is 349 g/mol. The maximum atomic E-state index is 12.8. The minimum Gasteiger partial charge on any atom is -0.337 e. The molecule has 2 aromatic rings. The SMILES string of the molecule is Cc1nn(C)c(C)c1[C@@H](C)N(C)C(=O)Cn1cccc(C(F)(F)F)c1=O. The summed E-state index contributed by atoms with van der Waals surface area (Å²) in [5.74, 6) is -0.471. The highest BCUT2D eigenvalue weighted by Gasteiger charge is 2.34. The van der Waals surface area contributed by atoms with Gasteiger partial charge in [0.25, 0.3) is 5.56 Å². The Morgan fingerprint density at radius 1 is 1.35 bits per heavy atom. The van der Waals surface area contributed by atoms with Gasteiger partial charge in [0.15, 0.2) is 0 Å². The van der Waals surface area contributed by atoms with Gasteiger partial charge in [-0.05, 0) is 32.9 Å². The first kappa shape index (κ1) is 19.7. The van der Waals surface area contributed by atoms with Crippen LogP contribution in [0.25, 0.3) is 0 Å². The van der Waals surface area contributed by atoms with Crippen LogP contribution < -0.4 is 5.56 Å². The van der Waals surface area contributed by atoms with Crippen LogP contribution >= 0.6 is 0 Å². The Labute approximate surface area is 148 Å². The van der Waals surface area contributed by atoms with Crippen molar-refractivity contribution in [3.8, 4) is 0 Å². The summed E-state index contributed by atoms with van der Waals surface area (Å²) in [4.78, 5) is 25.9. The fourth-order valence-corrected chi connectivity index (χ4v) is 2.94. The molecule has 142 valence electrons. The molecule has 1 amide bonds. The van der Waals surface area contributed by atoms with Crippen molar-refractivity contribution in [1.82, 2.24) is 19.2 Å². The molecule has 0 radical (unpaired) electrons. The van der Waals surface area contributed by atoms with E-state index in [4.69, 9.17) is 0 Å². The van der Waals surface area contributed by atoms with Gasteiger partial charge in [0, 0.05) is 31.5 Å². The van der Waals surface area contributed by atoms with E-state index in [0.717, 1.165) is 27.6 Å². The van der Waals surface area contributed by atoms with E-state index in [1.807, 2.05) is 20.8 Å². The molecule has 2 aromatic heterocycles. The maximum Gasteiger partial charge on any atom is 0.421 e. The van der Waals surface area contributed by atoms with Crippen LogP contribution in [0.4, 0.5) is 13.2 Å². The van der Waals surface area contributed by atoms with Crippen LogP contribution in [0.2, 0.25) is 0 Å². The average Bonchev–Trinajstić information content (AvgIpc) is 2.79. The molecular formula is C17H21F3N4O2. The van der Waals surface area contributed by atoms with Crippen molar-refractivity contribution >= 4 is 5.91 Å². The lowest BCUT2D eigenvalue weighted by Gasteiger charge is -2.26. The molecule has 2 heterocycles. The van der Waals surface area contributed by atoms with Crippen LogP contribution in [0.5, 0.6) is 0 Å². The normalized spacial score (nSPS) is 12.9. The number of hydrogen-bond donors (Lipinski definition) is 0. The van der Waals surface area contributed by atoms with Gasteiger partial charge >= 0.3 is 6.18 Å². The lowest BCUT2D eigenvalue weighted by atomic mass is 10.1. The van der Waals surface area contributed by atoms with E-state index in [2.05, 4.69) is 5.10 Å². The summed E-state index contributed by atoms with van der Waals surface area (Å²) in [6, 6.07) is 1.48. The Morgan fingerprint density at radius 2 is 1.96 bits per heavy atom. The lowest BCUT2D eigenvalue weighted by molar-refractivity contribution is -0.139. The quantitative estimate of drug-likeness (QED) is 0.831. The second-order valence-corrected chi connectivity index (χ2v) is 6.24. The van der Waals surface area contributed by atoms with Gasteiger partial charge in [0.2, 0.25) is 5.91 Å². The first-order chi connectivity index (χ1) is 11.9. The first-order valence-corrected chi connectivity index (χ1v) is 7.97. The van der Waals surface area contributed by atoms with E-state index in [1.54, 1.807) is 18.8 Å². The van der Waals surface area contributed by atoms with Gasteiger partial charge in [0.05, 0.1) is 11.7 Å². The number of likely N-dealkylation sites (N-methyl/N-ethyl adjacent to an activating group) is 1. The number of halogens is 3. The van der Waals surface area contributed by atoms with Crippen LogP contribution in [-0.2, 0) is 24.6 Å². The standard InChI is InChI=1S/C17H21F3N4O2/c1-10-15(12(3)23(5)21-10)11(2)22(4)14(25)9-24-8-6-7-13(16(24)26)17(18,19)20/h6-8,11H,9H2,1-5H3/t11-/m1/s1. The van der Waals surface area contributed by atoms with Crippen LogP contribution in [0.3, 0.4) is 0 Å². The average molecular weight is 370 g/mol. The van der Waals surface area contributed by atoms with Gasteiger partial charge in [-0.3, -0.25) is 14.3 Å². The van der Waals surface area contributed by atoms with Gasteiger partial charge in [-0.2, -0.15) is 18.3 Å². The fraction of sp³-hybridized carbons (Fsp3) is 0.471. The van der Waals surface area contributed by atoms with Crippen molar-refractivity contribution in [2.45, 2.75) is 39.5 Å². The molecule has 0 unspecified atom stereocenters. The Morgan fingerprint density at radius 3 is 2.46 bits per heavy atom. The van der Waals surface area contributed by atoms with Crippen molar-refractivity contribution in [1.29, 1.82) is 0 Å². The molecule has 6 nitrogen and oxygen atoms in total. The minimum absolute atomic E-state index is 0.335. The molecule has 0 bridgehead atoms. The molecule has 0 saturated carbocycles. The summed E-state index contributed by atoms with van der Waals surface area (Å²) in [5, 5.41) is 4.31. The second-order valence-electron chi connectivity index (χ2n) is 6.24. The number of hydrogen-bond acceptors (Lipinski definition) is 3. The van der Waals surface area contributed by atoms with Crippen LogP contribution in [0, 0.1) is 13.8 Å². The van der Waals surface area contributed by atoms with E-state index in [-0.39, 0.29) is 6.04 Å². The number of aryl methyl sites for hydroxylation is 2. The van der Waals surface area contributed by atoms with E-state index in [1.165, 1.54) is 11.1 Å². The Bertz CT molecular complexity index is 883. The fourth-order valence-electron chi connectivity index (χ4n) is 2.94. The number of amides is 1. The van der Waals surface area contributed by atoms with Gasteiger partial charge in [0.1, 0.15) is 12.1 Å². The number of aromatic nitrogens is 3. The number of nitrogens with zero attached hydrogens (tertiary/aromatic N) is 4. The smallest absolute Gasteiger partial charge is 0.337 e. The number of rotatable bonds is 4. The van der Waals surface area contributed by atoms with Crippen LogP contribution in [0.15, 0.2) is 23.1 Å². The summed E-state index contributed by atoms with van der Waals surface area (Å²) in [6.45, 7) is 5.04. The van der Waals surface area contributed by atoms with Crippen molar-refractivity contribution in [2.24, 2.45) is 7.05 Å². The first-order valence-electron chi connectivity index (χ1n) is 7.97. The summed E-state index contributed by atoms with van der Waals surface area (Å²) in [7, 11) is 3.35. The highest BCUT2D eigenvalue weighted by molar-refractivity contribution is 5.76. The van der Waals surface area contributed by atoms with E-state index in [9.17, 15) is 22.8 Å². The summed E-state index contributed by atoms with van der Waals surface area (Å²) >= 11 is 0. The largest absolute Gasteiger partial charge is 0.421 e. The Kier molecular flexibility index (Phi) is 5.29. The third kappa shape index (κ3) is 3.66. The Balaban J connectivity index is 2.26. The number of carbonyl (C=O) groups excluding carboxylic acids is 1. The van der Waals surface area contributed by atoms with Gasteiger partial charge in [-0.1, -0.05) is 0 Å². The summed E-state index contributed by atoms with van der Waals surface area (Å²) < 4.78 is 41.0. The van der Waals surface area contributed by atoms with Crippen LogP contribution in [0.1, 0.15) is 35.5 Å². The van der Waals surface area contributed by atoms with Crippen molar-refractivity contribution in [2.75, 3.05) is 7.05 Å².